The van der Waals surface area contributed by atoms with Crippen molar-refractivity contribution >= 4 is 51.2 Å². The van der Waals surface area contributed by atoms with Gasteiger partial charge in [0.25, 0.3) is 0 Å². The summed E-state index contributed by atoms with van der Waals surface area (Å²) in [7, 11) is 0. The molecule has 0 radical (unpaired) electrons. The zero-order valence-electron chi connectivity index (χ0n) is 9.00. The largest absolute Gasteiger partial charge is 0.481 e. The first kappa shape index (κ1) is 15.7. The first-order valence-electron chi connectivity index (χ1n) is 4.59. The summed E-state index contributed by atoms with van der Waals surface area (Å²) in [5, 5.41) is 17.3. The lowest BCUT2D eigenvalue weighted by atomic mass is 10.2. The van der Waals surface area contributed by atoms with Crippen molar-refractivity contribution in [3.05, 3.63) is 0 Å². The van der Waals surface area contributed by atoms with Crippen LogP contribution in [0, 0.1) is 11.8 Å². The molecule has 7 heteroatoms. The first-order chi connectivity index (χ1) is 7.34. The molecule has 0 rings (SSSR count). The quantitative estimate of drug-likeness (QED) is 0.723. The van der Waals surface area contributed by atoms with Gasteiger partial charge in [-0.2, -0.15) is 0 Å². The number of carboxylic acids is 2. The third-order valence-corrected chi connectivity index (χ3v) is 4.96. The van der Waals surface area contributed by atoms with Gasteiger partial charge in [0, 0.05) is 11.5 Å². The number of rotatable bonds is 6. The zero-order chi connectivity index (χ0) is 12.7. The van der Waals surface area contributed by atoms with Crippen molar-refractivity contribution < 1.29 is 19.8 Å². The number of hydrogen-bond donors (Lipinski definition) is 2. The van der Waals surface area contributed by atoms with Crippen molar-refractivity contribution in [1.82, 2.24) is 0 Å². The molecule has 0 heterocycles. The minimum atomic E-state index is -0.848. The Morgan fingerprint density at radius 1 is 1.06 bits per heavy atom. The van der Waals surface area contributed by atoms with Gasteiger partial charge in [-0.25, -0.2) is 0 Å². The molecule has 0 aromatic carbocycles. The van der Waals surface area contributed by atoms with Crippen LogP contribution in [0.15, 0.2) is 0 Å². The van der Waals surface area contributed by atoms with Crippen LogP contribution in [-0.4, -0.2) is 37.2 Å². The molecule has 0 aliphatic heterocycles. The Morgan fingerprint density at radius 2 is 1.38 bits per heavy atom. The number of thioether (sulfide) groups is 2. The lowest BCUT2D eigenvalue weighted by Crippen LogP contribution is -2.14. The van der Waals surface area contributed by atoms with Crippen molar-refractivity contribution in [1.29, 1.82) is 0 Å². The van der Waals surface area contributed by atoms with E-state index in [1.165, 1.54) is 23.5 Å². The van der Waals surface area contributed by atoms with Crippen molar-refractivity contribution in [2.45, 2.75) is 13.8 Å². The number of carboxylic acid groups (broad SMARTS) is 2. The predicted octanol–water partition coefficient (Wildman–Crippen LogP) is 2.18. The molecule has 0 fully saturated rings. The highest BCUT2D eigenvalue weighted by Crippen LogP contribution is 2.22. The summed E-state index contributed by atoms with van der Waals surface area (Å²) in [5.41, 5.74) is 0. The molecular formula is C9H14O4S3. The topological polar surface area (TPSA) is 74.6 Å². The molecule has 0 saturated heterocycles. The van der Waals surface area contributed by atoms with Crippen LogP contribution in [0.1, 0.15) is 13.8 Å². The number of carbonyl (C=O) groups is 2. The first-order valence-corrected chi connectivity index (χ1v) is 6.97. The molecule has 0 aliphatic carbocycles. The van der Waals surface area contributed by atoms with Crippen LogP contribution >= 0.6 is 35.7 Å². The number of hydrogen-bond acceptors (Lipinski definition) is 5. The van der Waals surface area contributed by atoms with E-state index in [0.717, 1.165) is 0 Å². The van der Waals surface area contributed by atoms with E-state index in [9.17, 15) is 9.59 Å². The Morgan fingerprint density at radius 3 is 1.62 bits per heavy atom. The summed E-state index contributed by atoms with van der Waals surface area (Å²) in [4.78, 5) is 21.1. The van der Waals surface area contributed by atoms with E-state index in [1.807, 2.05) is 0 Å². The minimum absolute atomic E-state index is 0.419. The van der Waals surface area contributed by atoms with Gasteiger partial charge < -0.3 is 10.2 Å². The van der Waals surface area contributed by atoms with E-state index < -0.39 is 23.8 Å². The molecule has 0 aliphatic rings. The molecule has 0 bridgehead atoms. The molecule has 4 nitrogen and oxygen atoms in total. The van der Waals surface area contributed by atoms with E-state index in [4.69, 9.17) is 22.4 Å². The van der Waals surface area contributed by atoms with Gasteiger partial charge in [-0.15, -0.1) is 23.5 Å². The fraction of sp³-hybridized carbons (Fsp3) is 0.667. The molecule has 2 unspecified atom stereocenters. The van der Waals surface area contributed by atoms with Crippen molar-refractivity contribution in [3.8, 4) is 0 Å². The lowest BCUT2D eigenvalue weighted by molar-refractivity contribution is -0.141. The Bertz CT molecular complexity index is 254. The molecule has 16 heavy (non-hydrogen) atoms. The van der Waals surface area contributed by atoms with Crippen LogP contribution < -0.4 is 0 Å². The summed E-state index contributed by atoms with van der Waals surface area (Å²) in [6, 6.07) is 0. The van der Waals surface area contributed by atoms with Gasteiger partial charge in [-0.1, -0.05) is 26.1 Å². The zero-order valence-corrected chi connectivity index (χ0v) is 11.5. The highest BCUT2D eigenvalue weighted by molar-refractivity contribution is 8.47. The second kappa shape index (κ2) is 7.92. The standard InChI is InChI=1S/C9H14O4S3/c1-5(7(10)11)3-15-9(14)16-4-6(2)8(12)13/h5-6H,3-4H2,1-2H3,(H,10,11)(H,12,13). The monoisotopic (exact) mass is 282 g/mol. The third kappa shape index (κ3) is 7.08. The highest BCUT2D eigenvalue weighted by Gasteiger charge is 2.15. The molecule has 0 saturated carbocycles. The van der Waals surface area contributed by atoms with Crippen LogP contribution in [0.3, 0.4) is 0 Å². The summed E-state index contributed by atoms with van der Waals surface area (Å²) < 4.78 is 0.598. The maximum Gasteiger partial charge on any atom is 0.307 e. The third-order valence-electron chi connectivity index (χ3n) is 1.75. The van der Waals surface area contributed by atoms with Crippen molar-refractivity contribution in [2.75, 3.05) is 11.5 Å². The fourth-order valence-electron chi connectivity index (χ4n) is 0.570. The molecule has 0 aromatic rings. The van der Waals surface area contributed by atoms with Crippen LogP contribution in [-0.2, 0) is 9.59 Å². The van der Waals surface area contributed by atoms with Crippen LogP contribution in [0.5, 0.6) is 0 Å². The van der Waals surface area contributed by atoms with Crippen LogP contribution in [0.4, 0.5) is 0 Å². The van der Waals surface area contributed by atoms with Crippen LogP contribution in [0.2, 0.25) is 0 Å². The smallest absolute Gasteiger partial charge is 0.307 e. The molecule has 2 atom stereocenters. The van der Waals surface area contributed by atoms with E-state index >= 15 is 0 Å². The average molecular weight is 282 g/mol. The fourth-order valence-corrected chi connectivity index (χ4v) is 2.78. The average Bonchev–Trinajstić information content (AvgIpc) is 2.21. The summed E-state index contributed by atoms with van der Waals surface area (Å²) in [6.07, 6.45) is 0. The highest BCUT2D eigenvalue weighted by atomic mass is 32.2. The van der Waals surface area contributed by atoms with Gasteiger partial charge in [0.05, 0.1) is 11.8 Å². The number of thiocarbonyl (C=S) groups is 1. The predicted molar refractivity (Wildman–Crippen MR) is 71.1 cm³/mol. The molecule has 92 valence electrons. The van der Waals surface area contributed by atoms with Gasteiger partial charge >= 0.3 is 11.9 Å². The van der Waals surface area contributed by atoms with Crippen LogP contribution in [0.25, 0.3) is 0 Å². The van der Waals surface area contributed by atoms with E-state index in [1.54, 1.807) is 13.8 Å². The normalized spacial score (nSPS) is 14.1. The Labute approximate surface area is 108 Å². The van der Waals surface area contributed by atoms with Gasteiger partial charge in [0.2, 0.25) is 0 Å². The molecule has 0 spiro atoms. The second-order valence-electron chi connectivity index (χ2n) is 3.35. The van der Waals surface area contributed by atoms with Gasteiger partial charge in [0.15, 0.2) is 0 Å². The minimum Gasteiger partial charge on any atom is -0.481 e. The number of aliphatic carboxylic acids is 2. The van der Waals surface area contributed by atoms with Crippen molar-refractivity contribution in [2.24, 2.45) is 11.8 Å². The summed E-state index contributed by atoms with van der Waals surface area (Å²) in [6.45, 7) is 3.23. The SMILES string of the molecule is CC(CSC(=S)SCC(C)C(=O)O)C(=O)O. The molecule has 0 amide bonds. The summed E-state index contributed by atoms with van der Waals surface area (Å²) in [5.74, 6) is -1.75. The Kier molecular flexibility index (Phi) is 7.78. The molecular weight excluding hydrogens is 268 g/mol. The Hall–Kier alpha value is -0.270. The second-order valence-corrected chi connectivity index (χ2v) is 6.59. The van der Waals surface area contributed by atoms with E-state index in [2.05, 4.69) is 0 Å². The Balaban J connectivity index is 3.75. The maximum atomic E-state index is 10.5. The lowest BCUT2D eigenvalue weighted by Gasteiger charge is -2.08. The summed E-state index contributed by atoms with van der Waals surface area (Å²) >= 11 is 7.58. The maximum absolute atomic E-state index is 10.5. The van der Waals surface area contributed by atoms with Crippen molar-refractivity contribution in [3.63, 3.8) is 0 Å². The molecule has 0 aromatic heterocycles. The van der Waals surface area contributed by atoms with E-state index in [-0.39, 0.29) is 0 Å². The van der Waals surface area contributed by atoms with Gasteiger partial charge in [-0.3, -0.25) is 9.59 Å². The van der Waals surface area contributed by atoms with Gasteiger partial charge in [-0.05, 0) is 0 Å². The van der Waals surface area contributed by atoms with E-state index in [0.29, 0.717) is 15.0 Å². The van der Waals surface area contributed by atoms with Gasteiger partial charge in [0.1, 0.15) is 3.53 Å². The molecule has 2 N–H and O–H groups in total.